The molecule has 2 fully saturated rings. The highest BCUT2D eigenvalue weighted by atomic mass is 15.2. The number of nitrogens with one attached hydrogen (secondary N) is 1. The molecule has 21 heavy (non-hydrogen) atoms. The van der Waals surface area contributed by atoms with Crippen molar-refractivity contribution >= 4 is 0 Å². The Bertz CT molecular complexity index is 311. The van der Waals surface area contributed by atoms with Crippen molar-refractivity contribution in [3.05, 3.63) is 0 Å². The predicted molar refractivity (Wildman–Crippen MR) is 92.6 cm³/mol. The van der Waals surface area contributed by atoms with E-state index in [4.69, 9.17) is 0 Å². The summed E-state index contributed by atoms with van der Waals surface area (Å²) >= 11 is 0. The molecule has 0 bridgehead atoms. The third-order valence-electron chi connectivity index (χ3n) is 5.86. The van der Waals surface area contributed by atoms with E-state index in [-0.39, 0.29) is 0 Å². The third kappa shape index (κ3) is 4.69. The Hall–Kier alpha value is -0.0800. The van der Waals surface area contributed by atoms with Crippen molar-refractivity contribution < 1.29 is 0 Å². The zero-order valence-corrected chi connectivity index (χ0v) is 15.1. The summed E-state index contributed by atoms with van der Waals surface area (Å²) in [6.45, 7) is 15.8. The van der Waals surface area contributed by atoms with Gasteiger partial charge in [0, 0.05) is 18.6 Å². The largest absolute Gasteiger partial charge is 0.312 e. The van der Waals surface area contributed by atoms with Crippen molar-refractivity contribution in [2.75, 3.05) is 19.6 Å². The van der Waals surface area contributed by atoms with Crippen LogP contribution >= 0.6 is 0 Å². The van der Waals surface area contributed by atoms with Crippen LogP contribution in [0.4, 0.5) is 0 Å². The summed E-state index contributed by atoms with van der Waals surface area (Å²) in [5, 5.41) is 3.86. The Balaban J connectivity index is 2.04. The molecule has 1 saturated carbocycles. The van der Waals surface area contributed by atoms with Gasteiger partial charge >= 0.3 is 0 Å². The number of piperidine rings is 1. The van der Waals surface area contributed by atoms with Crippen LogP contribution in [-0.4, -0.2) is 36.6 Å². The molecule has 0 aromatic carbocycles. The number of hydrogen-bond donors (Lipinski definition) is 1. The summed E-state index contributed by atoms with van der Waals surface area (Å²) in [7, 11) is 0. The molecule has 1 aliphatic carbocycles. The minimum absolute atomic E-state index is 0.512. The van der Waals surface area contributed by atoms with Crippen LogP contribution in [0.3, 0.4) is 0 Å². The third-order valence-corrected chi connectivity index (χ3v) is 5.86. The second-order valence-corrected chi connectivity index (χ2v) is 8.68. The van der Waals surface area contributed by atoms with Crippen molar-refractivity contribution in [3.8, 4) is 0 Å². The lowest BCUT2D eigenvalue weighted by atomic mass is 9.74. The Morgan fingerprint density at radius 2 is 2.00 bits per heavy atom. The van der Waals surface area contributed by atoms with E-state index in [0.717, 1.165) is 23.9 Å². The molecule has 0 spiro atoms. The molecule has 3 atom stereocenters. The molecule has 0 aromatic rings. The van der Waals surface area contributed by atoms with Crippen molar-refractivity contribution in [2.24, 2.45) is 17.3 Å². The quantitative estimate of drug-likeness (QED) is 0.813. The van der Waals surface area contributed by atoms with Crippen LogP contribution in [0.2, 0.25) is 0 Å². The molecule has 124 valence electrons. The standard InChI is InChI=1S/C19H38N2/c1-6-11-20-17-9-8-16(15(2)3)13-18(17)21-12-7-10-19(4,5)14-21/h15-18,20H,6-14H2,1-5H3. The van der Waals surface area contributed by atoms with E-state index in [9.17, 15) is 0 Å². The molecule has 2 heteroatoms. The highest BCUT2D eigenvalue weighted by Crippen LogP contribution is 2.37. The van der Waals surface area contributed by atoms with Gasteiger partial charge in [0.2, 0.25) is 0 Å². The summed E-state index contributed by atoms with van der Waals surface area (Å²) in [5.74, 6) is 1.78. The van der Waals surface area contributed by atoms with Crippen LogP contribution < -0.4 is 5.32 Å². The van der Waals surface area contributed by atoms with Gasteiger partial charge in [-0.15, -0.1) is 0 Å². The Kier molecular flexibility index (Phi) is 6.14. The maximum Gasteiger partial charge on any atom is 0.0252 e. The van der Waals surface area contributed by atoms with Gasteiger partial charge in [0.25, 0.3) is 0 Å². The summed E-state index contributed by atoms with van der Waals surface area (Å²) < 4.78 is 0. The first-order valence-corrected chi connectivity index (χ1v) is 9.40. The van der Waals surface area contributed by atoms with E-state index in [0.29, 0.717) is 5.41 Å². The second-order valence-electron chi connectivity index (χ2n) is 8.68. The Morgan fingerprint density at radius 3 is 2.62 bits per heavy atom. The first kappa shape index (κ1) is 17.3. The number of likely N-dealkylation sites (tertiary alicyclic amines) is 1. The van der Waals surface area contributed by atoms with Crippen LogP contribution in [-0.2, 0) is 0 Å². The molecule has 3 unspecified atom stereocenters. The van der Waals surface area contributed by atoms with Crippen LogP contribution in [0.25, 0.3) is 0 Å². The lowest BCUT2D eigenvalue weighted by molar-refractivity contribution is 0.0259. The van der Waals surface area contributed by atoms with Crippen molar-refractivity contribution in [3.63, 3.8) is 0 Å². The molecule has 1 saturated heterocycles. The fourth-order valence-electron chi connectivity index (χ4n) is 4.51. The van der Waals surface area contributed by atoms with Gasteiger partial charge in [-0.05, 0) is 68.9 Å². The number of hydrogen-bond acceptors (Lipinski definition) is 2. The summed E-state index contributed by atoms with van der Waals surface area (Å²) in [6, 6.07) is 1.51. The maximum atomic E-state index is 3.86. The van der Waals surface area contributed by atoms with Gasteiger partial charge in [-0.25, -0.2) is 0 Å². The van der Waals surface area contributed by atoms with Gasteiger partial charge in [-0.2, -0.15) is 0 Å². The monoisotopic (exact) mass is 294 g/mol. The summed E-state index contributed by atoms with van der Waals surface area (Å²) in [5.41, 5.74) is 0.512. The van der Waals surface area contributed by atoms with E-state index in [1.807, 2.05) is 0 Å². The van der Waals surface area contributed by atoms with Gasteiger partial charge in [0.05, 0.1) is 0 Å². The van der Waals surface area contributed by atoms with E-state index >= 15 is 0 Å². The Morgan fingerprint density at radius 1 is 1.24 bits per heavy atom. The van der Waals surface area contributed by atoms with Crippen LogP contribution in [0.1, 0.15) is 73.1 Å². The fourth-order valence-corrected chi connectivity index (χ4v) is 4.51. The maximum absolute atomic E-state index is 3.86. The first-order valence-electron chi connectivity index (χ1n) is 9.40. The van der Waals surface area contributed by atoms with Crippen LogP contribution in [0.15, 0.2) is 0 Å². The van der Waals surface area contributed by atoms with Crippen molar-refractivity contribution in [2.45, 2.75) is 85.2 Å². The molecule has 2 aliphatic rings. The smallest absolute Gasteiger partial charge is 0.0252 e. The summed E-state index contributed by atoms with van der Waals surface area (Å²) in [6.07, 6.45) is 8.25. The highest BCUT2D eigenvalue weighted by molar-refractivity contribution is 4.94. The minimum atomic E-state index is 0.512. The molecule has 1 N–H and O–H groups in total. The predicted octanol–water partition coefficient (Wildman–Crippen LogP) is 4.30. The molecule has 2 nitrogen and oxygen atoms in total. The lowest BCUT2D eigenvalue weighted by Crippen LogP contribution is -2.57. The van der Waals surface area contributed by atoms with Crippen LogP contribution in [0.5, 0.6) is 0 Å². The van der Waals surface area contributed by atoms with Gasteiger partial charge in [0.1, 0.15) is 0 Å². The van der Waals surface area contributed by atoms with E-state index < -0.39 is 0 Å². The number of rotatable bonds is 5. The van der Waals surface area contributed by atoms with Gasteiger partial charge in [0.15, 0.2) is 0 Å². The minimum Gasteiger partial charge on any atom is -0.312 e. The van der Waals surface area contributed by atoms with E-state index in [2.05, 4.69) is 44.8 Å². The van der Waals surface area contributed by atoms with Crippen molar-refractivity contribution in [1.82, 2.24) is 10.2 Å². The fraction of sp³-hybridized carbons (Fsp3) is 1.00. The van der Waals surface area contributed by atoms with Gasteiger partial charge in [-0.3, -0.25) is 4.90 Å². The normalized spacial score (nSPS) is 34.3. The molecule has 1 heterocycles. The topological polar surface area (TPSA) is 15.3 Å². The zero-order chi connectivity index (χ0) is 15.5. The number of nitrogens with zero attached hydrogens (tertiary/aromatic N) is 1. The van der Waals surface area contributed by atoms with E-state index in [1.165, 1.54) is 58.2 Å². The molecule has 2 rings (SSSR count). The molecule has 0 radical (unpaired) electrons. The molecule has 0 aromatic heterocycles. The first-order chi connectivity index (χ1) is 9.93. The van der Waals surface area contributed by atoms with Crippen molar-refractivity contribution in [1.29, 1.82) is 0 Å². The highest BCUT2D eigenvalue weighted by Gasteiger charge is 2.38. The Labute approximate surface area is 133 Å². The second kappa shape index (κ2) is 7.46. The molecular formula is C19H38N2. The molecule has 1 aliphatic heterocycles. The zero-order valence-electron chi connectivity index (χ0n) is 15.1. The van der Waals surface area contributed by atoms with Crippen LogP contribution in [0, 0.1) is 17.3 Å². The molecule has 0 amide bonds. The SMILES string of the molecule is CCCNC1CCC(C(C)C)CC1N1CCCC(C)(C)C1. The summed E-state index contributed by atoms with van der Waals surface area (Å²) in [4.78, 5) is 2.84. The average molecular weight is 295 g/mol. The van der Waals surface area contributed by atoms with Gasteiger partial charge in [-0.1, -0.05) is 34.6 Å². The lowest BCUT2D eigenvalue weighted by Gasteiger charge is -2.49. The van der Waals surface area contributed by atoms with E-state index in [1.54, 1.807) is 0 Å². The average Bonchev–Trinajstić information content (AvgIpc) is 2.43. The van der Waals surface area contributed by atoms with Gasteiger partial charge < -0.3 is 5.32 Å². The molecular weight excluding hydrogens is 256 g/mol.